The van der Waals surface area contributed by atoms with Gasteiger partial charge in [-0.3, -0.25) is 0 Å². The first-order valence-electron chi connectivity index (χ1n) is 8.65. The quantitative estimate of drug-likeness (QED) is 0.291. The fourth-order valence-electron chi connectivity index (χ4n) is 2.66. The minimum atomic E-state index is -4.28. The Morgan fingerprint density at radius 2 is 1.60 bits per heavy atom. The van der Waals surface area contributed by atoms with Crippen LogP contribution in [0.5, 0.6) is 0 Å². The Labute approximate surface area is 151 Å². The summed E-state index contributed by atoms with van der Waals surface area (Å²) in [6.07, 6.45) is 0.470. The van der Waals surface area contributed by atoms with Crippen LogP contribution in [0.3, 0.4) is 0 Å². The molecule has 0 aromatic heterocycles. The molecule has 0 aliphatic heterocycles. The maximum absolute atomic E-state index is 12.7. The number of hydrogen-bond acceptors (Lipinski definition) is 3. The van der Waals surface area contributed by atoms with Gasteiger partial charge in [0.2, 0.25) is 0 Å². The van der Waals surface area contributed by atoms with E-state index in [1.165, 1.54) is 12.1 Å². The molecule has 3 nitrogen and oxygen atoms in total. The molecule has 3 radical (unpaired) electrons. The van der Waals surface area contributed by atoms with Crippen molar-refractivity contribution in [1.29, 1.82) is 0 Å². The van der Waals surface area contributed by atoms with Crippen LogP contribution in [-0.2, 0) is 26.5 Å². The lowest BCUT2D eigenvalue weighted by Gasteiger charge is -2.31. The average Bonchev–Trinajstić information content (AvgIpc) is 2.57. The van der Waals surface area contributed by atoms with Gasteiger partial charge in [-0.25, -0.2) is 0 Å². The highest BCUT2D eigenvalue weighted by atomic mass is 28.2. The monoisotopic (exact) mass is 375 g/mol. The molecule has 0 amide bonds. The van der Waals surface area contributed by atoms with Crippen LogP contribution in [-0.4, -0.2) is 29.7 Å². The van der Waals surface area contributed by atoms with Crippen molar-refractivity contribution in [2.75, 3.05) is 13.2 Å². The lowest BCUT2D eigenvalue weighted by Crippen LogP contribution is -2.38. The van der Waals surface area contributed by atoms with Crippen molar-refractivity contribution in [3.05, 3.63) is 35.4 Å². The van der Waals surface area contributed by atoms with Gasteiger partial charge in [0.25, 0.3) is 16.5 Å². The van der Waals surface area contributed by atoms with Gasteiger partial charge in [0, 0.05) is 19.6 Å². The van der Waals surface area contributed by atoms with Gasteiger partial charge >= 0.3 is 6.18 Å². The molecule has 0 N–H and O–H groups in total. The second kappa shape index (κ2) is 11.0. The molecule has 1 aromatic carbocycles. The minimum absolute atomic E-state index is 0.472. The molecule has 0 fully saturated rings. The molecule has 0 heterocycles. The molecular formula is C18H26F3O3Si. The van der Waals surface area contributed by atoms with Crippen LogP contribution >= 0.6 is 0 Å². The van der Waals surface area contributed by atoms with Crippen molar-refractivity contribution in [2.45, 2.75) is 64.5 Å². The summed E-state index contributed by atoms with van der Waals surface area (Å²) in [6.45, 7) is 4.68. The number of unbranched alkanes of at least 4 members (excludes halogenated alkanes) is 3. The SMILES string of the molecule is CCOC(CCCCCCc1cccc(C(F)(F)F)c1)(O[Si])OCC. The summed E-state index contributed by atoms with van der Waals surface area (Å²) in [7, 11) is 3.02. The highest BCUT2D eigenvalue weighted by Gasteiger charge is 2.31. The summed E-state index contributed by atoms with van der Waals surface area (Å²) < 4.78 is 54.3. The molecule has 0 atom stereocenters. The Morgan fingerprint density at radius 3 is 2.16 bits per heavy atom. The predicted octanol–water partition coefficient (Wildman–Crippen LogP) is 5.03. The van der Waals surface area contributed by atoms with Crippen molar-refractivity contribution in [2.24, 2.45) is 0 Å². The smallest absolute Gasteiger partial charge is 0.371 e. The molecule has 0 spiro atoms. The fourth-order valence-corrected chi connectivity index (χ4v) is 2.88. The number of alkyl halides is 3. The molecule has 0 aliphatic carbocycles. The molecule has 0 unspecified atom stereocenters. The standard InChI is InChI=1S/C18H26F3O3Si/c1-3-22-17(24-25,23-4-2)13-8-6-5-7-10-15-11-9-12-16(14-15)18(19,20)21/h9,11-12,14H,3-8,10,13H2,1-2H3. The van der Waals surface area contributed by atoms with Gasteiger partial charge in [-0.05, 0) is 44.7 Å². The van der Waals surface area contributed by atoms with E-state index >= 15 is 0 Å². The van der Waals surface area contributed by atoms with Gasteiger partial charge in [0.1, 0.15) is 0 Å². The van der Waals surface area contributed by atoms with E-state index in [0.717, 1.165) is 37.3 Å². The molecule has 0 aliphatic rings. The maximum Gasteiger partial charge on any atom is 0.416 e. The van der Waals surface area contributed by atoms with E-state index < -0.39 is 17.7 Å². The summed E-state index contributed by atoms with van der Waals surface area (Å²) in [6, 6.07) is 5.53. The van der Waals surface area contributed by atoms with Crippen molar-refractivity contribution in [3.63, 3.8) is 0 Å². The van der Waals surface area contributed by atoms with Crippen LogP contribution in [0, 0.1) is 0 Å². The van der Waals surface area contributed by atoms with E-state index in [0.29, 0.717) is 26.1 Å². The Kier molecular flexibility index (Phi) is 9.71. The fraction of sp³-hybridized carbons (Fsp3) is 0.667. The topological polar surface area (TPSA) is 27.7 Å². The molecule has 7 heteroatoms. The highest BCUT2D eigenvalue weighted by Crippen LogP contribution is 2.30. The van der Waals surface area contributed by atoms with Crippen molar-refractivity contribution in [1.82, 2.24) is 0 Å². The summed E-state index contributed by atoms with van der Waals surface area (Å²) in [4.78, 5) is 0. The van der Waals surface area contributed by atoms with Crippen molar-refractivity contribution in [3.8, 4) is 0 Å². The third-order valence-electron chi connectivity index (χ3n) is 3.84. The van der Waals surface area contributed by atoms with E-state index in [9.17, 15) is 13.2 Å². The van der Waals surface area contributed by atoms with Gasteiger partial charge in [-0.2, -0.15) is 13.2 Å². The lowest BCUT2D eigenvalue weighted by molar-refractivity contribution is -0.344. The predicted molar refractivity (Wildman–Crippen MR) is 91.1 cm³/mol. The van der Waals surface area contributed by atoms with E-state index in [1.54, 1.807) is 6.07 Å². The van der Waals surface area contributed by atoms with E-state index in [2.05, 4.69) is 10.5 Å². The summed E-state index contributed by atoms with van der Waals surface area (Å²) in [5.41, 5.74) is 0.133. The van der Waals surface area contributed by atoms with Crippen molar-refractivity contribution < 1.29 is 27.1 Å². The van der Waals surface area contributed by atoms with E-state index in [1.807, 2.05) is 13.8 Å². The zero-order valence-corrected chi connectivity index (χ0v) is 15.8. The Bertz CT molecular complexity index is 489. The Hall–Kier alpha value is -0.893. The van der Waals surface area contributed by atoms with Gasteiger partial charge in [-0.1, -0.05) is 31.0 Å². The van der Waals surface area contributed by atoms with Crippen LogP contribution in [0.15, 0.2) is 24.3 Å². The minimum Gasteiger partial charge on any atom is -0.371 e. The van der Waals surface area contributed by atoms with Crippen LogP contribution in [0.25, 0.3) is 0 Å². The highest BCUT2D eigenvalue weighted by molar-refractivity contribution is 5.98. The second-order valence-corrected chi connectivity index (χ2v) is 5.97. The first-order chi connectivity index (χ1) is 11.9. The van der Waals surface area contributed by atoms with E-state index in [-0.39, 0.29) is 0 Å². The number of rotatable bonds is 12. The van der Waals surface area contributed by atoms with Crippen molar-refractivity contribution >= 4 is 10.5 Å². The molecule has 1 rings (SSSR count). The van der Waals surface area contributed by atoms with Gasteiger partial charge in [0.15, 0.2) is 0 Å². The molecule has 141 valence electrons. The van der Waals surface area contributed by atoms with E-state index in [4.69, 9.17) is 13.9 Å². The molecule has 1 aromatic rings. The zero-order valence-electron chi connectivity index (χ0n) is 14.8. The first kappa shape index (κ1) is 22.1. The summed E-state index contributed by atoms with van der Waals surface area (Å²) >= 11 is 0. The maximum atomic E-state index is 12.7. The Morgan fingerprint density at radius 1 is 0.960 bits per heavy atom. The molecule has 0 saturated carbocycles. The molecule has 0 saturated heterocycles. The number of hydrogen-bond donors (Lipinski definition) is 0. The zero-order chi connectivity index (χ0) is 18.8. The Balaban J connectivity index is 2.34. The summed E-state index contributed by atoms with van der Waals surface area (Å²) in [5, 5.41) is 0. The molecule has 0 bridgehead atoms. The first-order valence-corrected chi connectivity index (χ1v) is 9.06. The largest absolute Gasteiger partial charge is 0.416 e. The molecule has 25 heavy (non-hydrogen) atoms. The van der Waals surface area contributed by atoms with Gasteiger partial charge in [-0.15, -0.1) is 0 Å². The van der Waals surface area contributed by atoms with Crippen LogP contribution in [0.2, 0.25) is 0 Å². The lowest BCUT2D eigenvalue weighted by atomic mass is 10.0. The summed E-state index contributed by atoms with van der Waals surface area (Å²) in [5.74, 6) is -1.07. The number of ether oxygens (including phenoxy) is 2. The number of halogens is 3. The second-order valence-electron chi connectivity index (χ2n) is 5.76. The van der Waals surface area contributed by atoms with Crippen LogP contribution in [0.4, 0.5) is 13.2 Å². The third-order valence-corrected chi connectivity index (χ3v) is 4.15. The van der Waals surface area contributed by atoms with Crippen LogP contribution in [0.1, 0.15) is 57.1 Å². The van der Waals surface area contributed by atoms with Gasteiger partial charge < -0.3 is 13.9 Å². The van der Waals surface area contributed by atoms with Gasteiger partial charge in [0.05, 0.1) is 5.56 Å². The third kappa shape index (κ3) is 7.90. The number of benzene rings is 1. The molecular weight excluding hydrogens is 349 g/mol. The van der Waals surface area contributed by atoms with Crippen LogP contribution < -0.4 is 0 Å². The average molecular weight is 375 g/mol. The normalized spacial score (nSPS) is 12.6. The number of aryl methyl sites for hydroxylation is 1.